The molecule has 0 saturated heterocycles. The number of halogens is 4. The zero-order valence-corrected chi connectivity index (χ0v) is 18.0. The number of carbonyl (C=O) groups excluding carboxylic acids is 1. The summed E-state index contributed by atoms with van der Waals surface area (Å²) >= 11 is 3.32. The van der Waals surface area contributed by atoms with Crippen LogP contribution in [0.4, 0.5) is 23.7 Å². The predicted molar refractivity (Wildman–Crippen MR) is 113 cm³/mol. The van der Waals surface area contributed by atoms with Gasteiger partial charge < -0.3 is 5.73 Å². The molecule has 3 rings (SSSR count). The van der Waals surface area contributed by atoms with Crippen LogP contribution >= 0.6 is 15.9 Å². The summed E-state index contributed by atoms with van der Waals surface area (Å²) in [4.78, 5) is 14.2. The number of nitrogens with one attached hydrogen (secondary N) is 1. The van der Waals surface area contributed by atoms with Crippen LogP contribution in [0.1, 0.15) is 29.7 Å². The molecule has 2 aromatic carbocycles. The molecule has 162 valence electrons. The molecule has 1 aliphatic heterocycles. The Labute approximate surface area is 189 Å². The Hall–Kier alpha value is -3.83. The SMILES string of the molecule is CC1=C(C#N)C(c2ccc(C#N)cc2Br)N(C(N)=O)C(=N)N1c1cccc(C(F)(F)F)c1. The summed E-state index contributed by atoms with van der Waals surface area (Å²) in [7, 11) is 0. The van der Waals surface area contributed by atoms with Crippen LogP contribution in [0.25, 0.3) is 0 Å². The molecule has 1 aliphatic rings. The van der Waals surface area contributed by atoms with Crippen molar-refractivity contribution in [3.05, 3.63) is 74.9 Å². The number of urea groups is 1. The number of amides is 2. The minimum atomic E-state index is -4.62. The molecule has 1 atom stereocenters. The van der Waals surface area contributed by atoms with Crippen molar-refractivity contribution in [3.63, 3.8) is 0 Å². The molecule has 0 radical (unpaired) electrons. The number of alkyl halides is 3. The lowest BCUT2D eigenvalue weighted by Gasteiger charge is -2.42. The average molecular weight is 503 g/mol. The summed E-state index contributed by atoms with van der Waals surface area (Å²) in [6, 6.07) is 10.5. The van der Waals surface area contributed by atoms with E-state index in [1.807, 2.05) is 12.1 Å². The molecule has 32 heavy (non-hydrogen) atoms. The van der Waals surface area contributed by atoms with Crippen LogP contribution in [0.15, 0.2) is 58.2 Å². The van der Waals surface area contributed by atoms with Gasteiger partial charge in [-0.2, -0.15) is 23.7 Å². The number of nitrogens with zero attached hydrogens (tertiary/aromatic N) is 4. The number of anilines is 1. The Kier molecular flexibility index (Phi) is 5.97. The second kappa shape index (κ2) is 8.36. The molecule has 7 nitrogen and oxygen atoms in total. The minimum absolute atomic E-state index is 0.00243. The second-order valence-corrected chi connectivity index (χ2v) is 7.63. The summed E-state index contributed by atoms with van der Waals surface area (Å²) in [5.41, 5.74) is 5.40. The van der Waals surface area contributed by atoms with E-state index in [9.17, 15) is 23.2 Å². The van der Waals surface area contributed by atoms with E-state index in [0.29, 0.717) is 15.6 Å². The topological polar surface area (TPSA) is 121 Å². The van der Waals surface area contributed by atoms with Crippen molar-refractivity contribution < 1.29 is 18.0 Å². The molecule has 1 unspecified atom stereocenters. The van der Waals surface area contributed by atoms with Gasteiger partial charge in [0.25, 0.3) is 0 Å². The van der Waals surface area contributed by atoms with Crippen LogP contribution in [0.3, 0.4) is 0 Å². The van der Waals surface area contributed by atoms with Crippen LogP contribution < -0.4 is 10.6 Å². The predicted octanol–water partition coefficient (Wildman–Crippen LogP) is 5.01. The number of hydrogen-bond donors (Lipinski definition) is 2. The van der Waals surface area contributed by atoms with Gasteiger partial charge in [0.05, 0.1) is 28.8 Å². The first-order valence-electron chi connectivity index (χ1n) is 8.96. The third kappa shape index (κ3) is 3.90. The fourth-order valence-electron chi connectivity index (χ4n) is 3.46. The highest BCUT2D eigenvalue weighted by atomic mass is 79.9. The zero-order valence-electron chi connectivity index (χ0n) is 16.4. The molecular formula is C21H14BrF3N6O. The zero-order chi connectivity index (χ0) is 23.8. The van der Waals surface area contributed by atoms with Gasteiger partial charge in [-0.3, -0.25) is 15.2 Å². The van der Waals surface area contributed by atoms with Crippen molar-refractivity contribution >= 4 is 33.6 Å². The van der Waals surface area contributed by atoms with E-state index in [0.717, 1.165) is 21.9 Å². The molecule has 3 N–H and O–H groups in total. The highest BCUT2D eigenvalue weighted by Gasteiger charge is 2.42. The lowest BCUT2D eigenvalue weighted by molar-refractivity contribution is -0.137. The number of nitriles is 2. The van der Waals surface area contributed by atoms with E-state index >= 15 is 0 Å². The number of hydrogen-bond acceptors (Lipinski definition) is 4. The van der Waals surface area contributed by atoms with Gasteiger partial charge in [-0.1, -0.05) is 28.1 Å². The molecule has 0 fully saturated rings. The lowest BCUT2D eigenvalue weighted by atomic mass is 9.93. The Morgan fingerprint density at radius 3 is 2.41 bits per heavy atom. The number of carbonyl (C=O) groups is 1. The first kappa shape index (κ1) is 22.8. The number of benzene rings is 2. The summed E-state index contributed by atoms with van der Waals surface area (Å²) in [5.74, 6) is -0.519. The summed E-state index contributed by atoms with van der Waals surface area (Å²) in [6.45, 7) is 1.47. The first-order chi connectivity index (χ1) is 15.0. The number of allylic oxidation sites excluding steroid dienone is 1. The third-order valence-electron chi connectivity index (χ3n) is 4.91. The first-order valence-corrected chi connectivity index (χ1v) is 9.75. The van der Waals surface area contributed by atoms with Crippen molar-refractivity contribution in [2.24, 2.45) is 5.73 Å². The van der Waals surface area contributed by atoms with Gasteiger partial charge in [-0.05, 0) is 42.8 Å². The minimum Gasteiger partial charge on any atom is -0.351 e. The molecule has 0 aliphatic carbocycles. The quantitative estimate of drug-likeness (QED) is 0.598. The normalized spacial score (nSPS) is 16.6. The summed E-state index contributed by atoms with van der Waals surface area (Å²) < 4.78 is 40.0. The summed E-state index contributed by atoms with van der Waals surface area (Å²) in [6.07, 6.45) is -4.62. The van der Waals surface area contributed by atoms with E-state index in [2.05, 4.69) is 15.9 Å². The second-order valence-electron chi connectivity index (χ2n) is 6.78. The van der Waals surface area contributed by atoms with Crippen LogP contribution in [0.2, 0.25) is 0 Å². The van der Waals surface area contributed by atoms with Crippen LogP contribution in [0, 0.1) is 28.1 Å². The fourth-order valence-corrected chi connectivity index (χ4v) is 4.06. The van der Waals surface area contributed by atoms with Gasteiger partial charge in [0, 0.05) is 15.9 Å². The van der Waals surface area contributed by atoms with Crippen molar-refractivity contribution in [1.82, 2.24) is 4.90 Å². The van der Waals surface area contributed by atoms with E-state index in [-0.39, 0.29) is 17.0 Å². The molecule has 0 spiro atoms. The maximum absolute atomic E-state index is 13.2. The fraction of sp³-hybridized carbons (Fsp3) is 0.143. The van der Waals surface area contributed by atoms with Crippen LogP contribution in [-0.2, 0) is 6.18 Å². The van der Waals surface area contributed by atoms with Crippen molar-refractivity contribution in [1.29, 1.82) is 15.9 Å². The average Bonchev–Trinajstić information content (AvgIpc) is 2.72. The van der Waals surface area contributed by atoms with Crippen LogP contribution in [0.5, 0.6) is 0 Å². The van der Waals surface area contributed by atoms with E-state index in [4.69, 9.17) is 16.4 Å². The molecule has 11 heteroatoms. The van der Waals surface area contributed by atoms with Gasteiger partial charge in [0.2, 0.25) is 5.96 Å². The van der Waals surface area contributed by atoms with Gasteiger partial charge in [0.15, 0.2) is 0 Å². The third-order valence-corrected chi connectivity index (χ3v) is 5.60. The Morgan fingerprint density at radius 1 is 1.19 bits per heavy atom. The molecular weight excluding hydrogens is 489 g/mol. The van der Waals surface area contributed by atoms with Gasteiger partial charge in [0.1, 0.15) is 6.04 Å². The van der Waals surface area contributed by atoms with Crippen molar-refractivity contribution in [2.75, 3.05) is 4.90 Å². The number of guanidine groups is 1. The Morgan fingerprint density at radius 2 is 1.88 bits per heavy atom. The molecule has 0 bridgehead atoms. The van der Waals surface area contributed by atoms with Crippen molar-refractivity contribution in [3.8, 4) is 12.1 Å². The lowest BCUT2D eigenvalue weighted by Crippen LogP contribution is -2.54. The number of primary amides is 1. The molecule has 2 amide bonds. The molecule has 0 saturated carbocycles. The van der Waals surface area contributed by atoms with Gasteiger partial charge >= 0.3 is 12.2 Å². The van der Waals surface area contributed by atoms with Gasteiger partial charge in [-0.15, -0.1) is 0 Å². The maximum atomic E-state index is 13.2. The monoisotopic (exact) mass is 502 g/mol. The Bertz CT molecular complexity index is 1240. The highest BCUT2D eigenvalue weighted by molar-refractivity contribution is 9.10. The maximum Gasteiger partial charge on any atom is 0.416 e. The molecule has 2 aromatic rings. The van der Waals surface area contributed by atoms with E-state index < -0.39 is 29.8 Å². The molecule has 0 aromatic heterocycles. The smallest absolute Gasteiger partial charge is 0.351 e. The van der Waals surface area contributed by atoms with Crippen molar-refractivity contribution in [2.45, 2.75) is 19.1 Å². The standard InChI is InChI=1S/C21H14BrF3N6O/c1-11-16(10-27)18(15-6-5-12(9-26)7-17(15)22)31(20(29)32)19(28)30(11)14-4-2-3-13(8-14)21(23,24)25/h2-8,18,28H,1H3,(H2,29,32). The molecule has 1 heterocycles. The van der Waals surface area contributed by atoms with E-state index in [1.165, 1.54) is 37.3 Å². The summed E-state index contributed by atoms with van der Waals surface area (Å²) in [5, 5.41) is 27.6. The number of rotatable bonds is 2. The number of nitrogens with two attached hydrogens (primary N) is 1. The largest absolute Gasteiger partial charge is 0.416 e. The highest BCUT2D eigenvalue weighted by Crippen LogP contribution is 2.42. The van der Waals surface area contributed by atoms with E-state index in [1.54, 1.807) is 0 Å². The Balaban J connectivity index is 2.25. The van der Waals surface area contributed by atoms with Crippen LogP contribution in [-0.4, -0.2) is 16.9 Å². The van der Waals surface area contributed by atoms with Gasteiger partial charge in [-0.25, -0.2) is 4.79 Å².